The van der Waals surface area contributed by atoms with E-state index in [4.69, 9.17) is 17.0 Å². The van der Waals surface area contributed by atoms with Gasteiger partial charge in [0.1, 0.15) is 11.5 Å². The molecule has 1 aliphatic rings. The van der Waals surface area contributed by atoms with Crippen LogP contribution in [0.4, 0.5) is 0 Å². The van der Waals surface area contributed by atoms with Crippen LogP contribution >= 0.6 is 19.5 Å². The summed E-state index contributed by atoms with van der Waals surface area (Å²) >= 11 is 5.16. The Morgan fingerprint density at radius 2 is 1.52 bits per heavy atom. The van der Waals surface area contributed by atoms with E-state index < -0.39 is 7.29 Å². The molecule has 7 heteroatoms. The molecule has 138 valence electrons. The Morgan fingerprint density at radius 1 is 1.00 bits per heavy atom. The van der Waals surface area contributed by atoms with Crippen molar-refractivity contribution in [1.82, 2.24) is 15.9 Å². The molecule has 0 saturated carbocycles. The molecule has 1 aliphatic heterocycles. The molecule has 0 amide bonds. The van der Waals surface area contributed by atoms with Crippen LogP contribution in [0.1, 0.15) is 11.1 Å². The Bertz CT molecular complexity index is 867. The van der Waals surface area contributed by atoms with Gasteiger partial charge in [0.2, 0.25) is 7.29 Å². The summed E-state index contributed by atoms with van der Waals surface area (Å²) in [7, 11) is -3.11. The number of hydrogen-bond acceptors (Lipinski definition) is 3. The summed E-state index contributed by atoms with van der Waals surface area (Å²) in [6.45, 7) is 4.13. The standard InChI is InChI=1S/C20H20N3O2PS/c1-2-13-21-20(27)22-23-26(24)14-18(16-9-5-3-6-10-16)25-19(15-26)17-11-7-4-8-12-17/h2-12,14-15H,1,13H2,(H,23,24)(H2,21,22,27). The van der Waals surface area contributed by atoms with E-state index in [2.05, 4.69) is 22.5 Å². The predicted octanol–water partition coefficient (Wildman–Crippen LogP) is 4.45. The van der Waals surface area contributed by atoms with Crippen molar-refractivity contribution in [3.63, 3.8) is 0 Å². The van der Waals surface area contributed by atoms with E-state index in [0.29, 0.717) is 23.2 Å². The Balaban J connectivity index is 1.89. The normalized spacial score (nSPS) is 15.0. The van der Waals surface area contributed by atoms with E-state index >= 15 is 0 Å². The Labute approximate surface area is 164 Å². The summed E-state index contributed by atoms with van der Waals surface area (Å²) in [5, 5.41) is 6.10. The fraction of sp³-hybridized carbons (Fsp3) is 0.0500. The van der Waals surface area contributed by atoms with Crippen LogP contribution in [0.25, 0.3) is 11.5 Å². The lowest BCUT2D eigenvalue weighted by Gasteiger charge is -2.24. The molecule has 0 atom stereocenters. The SMILES string of the molecule is C=CCNC(=S)NNP1(=O)C=C(c2ccccc2)OC(c2ccccc2)=C1. The zero-order chi connectivity index (χ0) is 19.1. The number of nitrogens with one attached hydrogen (secondary N) is 3. The van der Waals surface area contributed by atoms with Crippen LogP contribution in [0.15, 0.2) is 85.0 Å². The second-order valence-electron chi connectivity index (χ2n) is 5.77. The maximum absolute atomic E-state index is 13.5. The van der Waals surface area contributed by atoms with Crippen LogP contribution in [0, 0.1) is 0 Å². The topological polar surface area (TPSA) is 62.4 Å². The van der Waals surface area contributed by atoms with Crippen molar-refractivity contribution in [2.24, 2.45) is 0 Å². The molecule has 0 aromatic heterocycles. The largest absolute Gasteiger partial charge is 0.456 e. The molecule has 0 radical (unpaired) electrons. The molecule has 0 spiro atoms. The van der Waals surface area contributed by atoms with Gasteiger partial charge in [-0.3, -0.25) is 9.99 Å². The van der Waals surface area contributed by atoms with Crippen molar-refractivity contribution in [3.8, 4) is 0 Å². The lowest BCUT2D eigenvalue weighted by atomic mass is 10.2. The number of benzene rings is 2. The van der Waals surface area contributed by atoms with Crippen LogP contribution in [0.5, 0.6) is 0 Å². The summed E-state index contributed by atoms with van der Waals surface area (Å²) < 4.78 is 19.5. The van der Waals surface area contributed by atoms with E-state index in [1.807, 2.05) is 60.7 Å². The third kappa shape index (κ3) is 5.17. The first-order chi connectivity index (χ1) is 13.1. The second kappa shape index (κ2) is 8.82. The zero-order valence-electron chi connectivity index (χ0n) is 14.6. The van der Waals surface area contributed by atoms with Crippen molar-refractivity contribution < 1.29 is 9.30 Å². The van der Waals surface area contributed by atoms with Gasteiger partial charge in [0.15, 0.2) is 5.11 Å². The van der Waals surface area contributed by atoms with Gasteiger partial charge in [0.05, 0.1) is 0 Å². The monoisotopic (exact) mass is 397 g/mol. The quantitative estimate of drug-likeness (QED) is 0.290. The molecule has 0 bridgehead atoms. The molecule has 0 saturated heterocycles. The highest BCUT2D eigenvalue weighted by atomic mass is 32.1. The van der Waals surface area contributed by atoms with Crippen molar-refractivity contribution in [1.29, 1.82) is 0 Å². The lowest BCUT2D eigenvalue weighted by Crippen LogP contribution is -2.42. The molecular weight excluding hydrogens is 377 g/mol. The van der Waals surface area contributed by atoms with Gasteiger partial charge in [-0.1, -0.05) is 66.7 Å². The third-order valence-electron chi connectivity index (χ3n) is 3.71. The summed E-state index contributed by atoms with van der Waals surface area (Å²) in [6.07, 6.45) is 1.69. The Hall–Kier alpha value is -2.66. The van der Waals surface area contributed by atoms with Gasteiger partial charge >= 0.3 is 0 Å². The van der Waals surface area contributed by atoms with E-state index in [0.717, 1.165) is 11.1 Å². The maximum atomic E-state index is 13.5. The minimum Gasteiger partial charge on any atom is -0.456 e. The summed E-state index contributed by atoms with van der Waals surface area (Å²) in [5.74, 6) is 4.24. The molecule has 3 rings (SSSR count). The van der Waals surface area contributed by atoms with Crippen molar-refractivity contribution >= 4 is 36.1 Å². The fourth-order valence-corrected chi connectivity index (χ4v) is 4.24. The number of rotatable bonds is 6. The molecular formula is C20H20N3O2PS. The number of hydrogen-bond donors (Lipinski definition) is 3. The van der Waals surface area contributed by atoms with E-state index in [1.165, 1.54) is 0 Å². The minimum atomic E-state index is -3.11. The van der Waals surface area contributed by atoms with Gasteiger partial charge in [-0.25, -0.2) is 0 Å². The summed E-state index contributed by atoms with van der Waals surface area (Å²) in [6, 6.07) is 19.1. The average molecular weight is 397 g/mol. The van der Waals surface area contributed by atoms with Crippen LogP contribution < -0.4 is 15.9 Å². The van der Waals surface area contributed by atoms with E-state index in [9.17, 15) is 4.57 Å². The van der Waals surface area contributed by atoms with Gasteiger partial charge in [0, 0.05) is 29.3 Å². The van der Waals surface area contributed by atoms with Gasteiger partial charge in [-0.05, 0) is 12.2 Å². The molecule has 0 aliphatic carbocycles. The Morgan fingerprint density at radius 3 is 2.00 bits per heavy atom. The van der Waals surface area contributed by atoms with Gasteiger partial charge in [-0.2, -0.15) is 5.20 Å². The van der Waals surface area contributed by atoms with Crippen LogP contribution in [-0.2, 0) is 9.30 Å². The van der Waals surface area contributed by atoms with Crippen LogP contribution in [0.3, 0.4) is 0 Å². The predicted molar refractivity (Wildman–Crippen MR) is 115 cm³/mol. The number of hydrazine groups is 1. The van der Waals surface area contributed by atoms with Gasteiger partial charge in [0.25, 0.3) is 0 Å². The van der Waals surface area contributed by atoms with Crippen molar-refractivity contribution in [2.45, 2.75) is 0 Å². The highest BCUT2D eigenvalue weighted by molar-refractivity contribution is 7.80. The van der Waals surface area contributed by atoms with E-state index in [-0.39, 0.29) is 0 Å². The van der Waals surface area contributed by atoms with Crippen molar-refractivity contribution in [3.05, 3.63) is 96.1 Å². The first-order valence-electron chi connectivity index (χ1n) is 8.35. The summed E-state index contributed by atoms with van der Waals surface area (Å²) in [5.41, 5.74) is 4.47. The highest BCUT2D eigenvalue weighted by Gasteiger charge is 2.26. The average Bonchev–Trinajstić information content (AvgIpc) is 2.72. The molecule has 5 nitrogen and oxygen atoms in total. The Kier molecular flexibility index (Phi) is 6.24. The first kappa shape index (κ1) is 19.1. The first-order valence-corrected chi connectivity index (χ1v) is 10.6. The molecule has 27 heavy (non-hydrogen) atoms. The molecule has 1 heterocycles. The summed E-state index contributed by atoms with van der Waals surface area (Å²) in [4.78, 5) is 0. The fourth-order valence-electron chi connectivity index (χ4n) is 2.44. The van der Waals surface area contributed by atoms with Crippen LogP contribution in [0.2, 0.25) is 0 Å². The van der Waals surface area contributed by atoms with Gasteiger partial charge < -0.3 is 10.1 Å². The molecule has 0 unspecified atom stereocenters. The highest BCUT2D eigenvalue weighted by Crippen LogP contribution is 2.52. The maximum Gasteiger partial charge on any atom is 0.215 e. The number of ether oxygens (including phenoxy) is 1. The smallest absolute Gasteiger partial charge is 0.215 e. The number of thiocarbonyl (C=S) groups is 1. The second-order valence-corrected chi connectivity index (χ2v) is 8.33. The minimum absolute atomic E-state index is 0.334. The van der Waals surface area contributed by atoms with E-state index in [1.54, 1.807) is 17.7 Å². The third-order valence-corrected chi connectivity index (χ3v) is 5.65. The van der Waals surface area contributed by atoms with Crippen LogP contribution in [-0.4, -0.2) is 11.7 Å². The molecule has 0 fully saturated rings. The van der Waals surface area contributed by atoms with Gasteiger partial charge in [-0.15, -0.1) is 6.58 Å². The molecule has 2 aromatic rings. The van der Waals surface area contributed by atoms with Crippen molar-refractivity contribution in [2.75, 3.05) is 6.54 Å². The zero-order valence-corrected chi connectivity index (χ0v) is 16.3. The lowest BCUT2D eigenvalue weighted by molar-refractivity contribution is 0.468. The molecule has 2 aromatic carbocycles. The molecule has 3 N–H and O–H groups in total.